The van der Waals surface area contributed by atoms with Crippen LogP contribution in [-0.2, 0) is 10.0 Å². The molecule has 0 spiro atoms. The van der Waals surface area contributed by atoms with Gasteiger partial charge in [-0.3, -0.25) is 4.72 Å². The Hall–Kier alpha value is -2.59. The van der Waals surface area contributed by atoms with Gasteiger partial charge in [-0.05, 0) is 25.1 Å². The number of hydrogen-bond acceptors (Lipinski definition) is 5. The van der Waals surface area contributed by atoms with Gasteiger partial charge >= 0.3 is 0 Å². The molecule has 0 amide bonds. The molecule has 5 nitrogen and oxygen atoms in total. The number of sulfonamides is 1. The Morgan fingerprint density at radius 2 is 1.74 bits per heavy atom. The highest BCUT2D eigenvalue weighted by atomic mass is 32.2. The molecule has 0 fully saturated rings. The molecule has 3 aromatic rings. The van der Waals surface area contributed by atoms with Gasteiger partial charge in [0, 0.05) is 16.6 Å². The Bertz CT molecular complexity index is 1030. The molecule has 0 aliphatic rings. The number of aromatic nitrogens is 1. The van der Waals surface area contributed by atoms with Gasteiger partial charge in [0.05, 0.1) is 11.6 Å². The van der Waals surface area contributed by atoms with Crippen LogP contribution in [0.2, 0.25) is 0 Å². The van der Waals surface area contributed by atoms with Crippen LogP contribution in [0.25, 0.3) is 0 Å². The fourth-order valence-electron chi connectivity index (χ4n) is 2.51. The monoisotopic (exact) mass is 413 g/mol. The van der Waals surface area contributed by atoms with Crippen LogP contribution in [0.5, 0.6) is 0 Å². The van der Waals surface area contributed by atoms with E-state index in [0.29, 0.717) is 5.56 Å². The molecule has 1 unspecified atom stereocenters. The van der Waals surface area contributed by atoms with Crippen molar-refractivity contribution < 1.29 is 21.6 Å². The maximum Gasteiger partial charge on any atom is 0.268 e. The van der Waals surface area contributed by atoms with Gasteiger partial charge in [-0.1, -0.05) is 18.2 Å². The topological polar surface area (TPSA) is 71.1 Å². The van der Waals surface area contributed by atoms with E-state index in [-0.39, 0.29) is 11.5 Å². The van der Waals surface area contributed by atoms with Crippen LogP contribution < -0.4 is 10.0 Å². The first-order valence-corrected chi connectivity index (χ1v) is 10.1. The largest absolute Gasteiger partial charge is 0.378 e. The molecule has 1 atom stereocenters. The normalized spacial score (nSPS) is 12.6. The lowest BCUT2D eigenvalue weighted by Crippen LogP contribution is -2.17. The van der Waals surface area contributed by atoms with Crippen molar-refractivity contribution in [3.8, 4) is 0 Å². The molecular formula is C17H14F3N3O2S2. The van der Waals surface area contributed by atoms with Gasteiger partial charge in [-0.2, -0.15) is 0 Å². The quantitative estimate of drug-likeness (QED) is 0.623. The van der Waals surface area contributed by atoms with Gasteiger partial charge in [-0.25, -0.2) is 26.6 Å². The molecule has 2 N–H and O–H groups in total. The zero-order valence-electron chi connectivity index (χ0n) is 13.9. The standard InChI is InChI=1S/C17H14F3N3O2S2/c1-10(12-4-2-3-5-13(12)18)22-11-6-14(19)17(15(20)7-11)27(24,25)23-16-8-26-9-21-16/h2-10,22-23H,1H3. The third-order valence-corrected chi connectivity index (χ3v) is 5.68. The smallest absolute Gasteiger partial charge is 0.268 e. The van der Waals surface area contributed by atoms with Gasteiger partial charge in [0.25, 0.3) is 10.0 Å². The average Bonchev–Trinajstić information content (AvgIpc) is 3.06. The molecule has 0 radical (unpaired) electrons. The third kappa shape index (κ3) is 4.22. The molecule has 10 heteroatoms. The second-order valence-electron chi connectivity index (χ2n) is 5.64. The van der Waals surface area contributed by atoms with E-state index in [9.17, 15) is 21.6 Å². The second-order valence-corrected chi connectivity index (χ2v) is 7.97. The number of nitrogens with zero attached hydrogens (tertiary/aromatic N) is 1. The second kappa shape index (κ2) is 7.57. The summed E-state index contributed by atoms with van der Waals surface area (Å²) >= 11 is 1.13. The Labute approximate surface area is 157 Å². The number of anilines is 2. The molecular weight excluding hydrogens is 399 g/mol. The van der Waals surface area contributed by atoms with Gasteiger partial charge < -0.3 is 5.32 Å². The van der Waals surface area contributed by atoms with Crippen LogP contribution in [0, 0.1) is 17.5 Å². The molecule has 0 bridgehead atoms. The maximum absolute atomic E-state index is 14.4. The molecule has 27 heavy (non-hydrogen) atoms. The zero-order chi connectivity index (χ0) is 19.6. The van der Waals surface area contributed by atoms with E-state index in [4.69, 9.17) is 0 Å². The van der Waals surface area contributed by atoms with Crippen molar-refractivity contribution >= 4 is 32.9 Å². The maximum atomic E-state index is 14.4. The molecule has 0 saturated heterocycles. The molecule has 1 aromatic heterocycles. The predicted molar refractivity (Wildman–Crippen MR) is 97.7 cm³/mol. The van der Waals surface area contributed by atoms with Crippen molar-refractivity contribution in [3.63, 3.8) is 0 Å². The fraction of sp³-hybridized carbons (Fsp3) is 0.118. The Morgan fingerprint density at radius 1 is 1.07 bits per heavy atom. The molecule has 3 rings (SSSR count). The Kier molecular flexibility index (Phi) is 5.38. The summed E-state index contributed by atoms with van der Waals surface area (Å²) in [4.78, 5) is 2.61. The van der Waals surface area contributed by atoms with Crippen LogP contribution >= 0.6 is 11.3 Å². The summed E-state index contributed by atoms with van der Waals surface area (Å²) in [6.07, 6.45) is 0. The highest BCUT2D eigenvalue weighted by Gasteiger charge is 2.26. The number of hydrogen-bond donors (Lipinski definition) is 2. The van der Waals surface area contributed by atoms with Crippen LogP contribution in [0.1, 0.15) is 18.5 Å². The third-order valence-electron chi connectivity index (χ3n) is 3.69. The summed E-state index contributed by atoms with van der Waals surface area (Å²) in [5.74, 6) is -3.05. The Morgan fingerprint density at radius 3 is 2.33 bits per heavy atom. The molecule has 0 aliphatic carbocycles. The van der Waals surface area contributed by atoms with Gasteiger partial charge in [0.1, 0.15) is 17.5 Å². The summed E-state index contributed by atoms with van der Waals surface area (Å²) in [7, 11) is -4.49. The lowest BCUT2D eigenvalue weighted by Gasteiger charge is -2.17. The van der Waals surface area contributed by atoms with E-state index in [1.807, 2.05) is 4.72 Å². The number of thiazole rings is 1. The highest BCUT2D eigenvalue weighted by Crippen LogP contribution is 2.28. The minimum absolute atomic E-state index is 0.0200. The van der Waals surface area contributed by atoms with E-state index in [2.05, 4.69) is 10.3 Å². The van der Waals surface area contributed by atoms with Crippen LogP contribution in [0.4, 0.5) is 24.7 Å². The van der Waals surface area contributed by atoms with E-state index < -0.39 is 38.4 Å². The van der Waals surface area contributed by atoms with Crippen molar-refractivity contribution in [3.05, 3.63) is 70.3 Å². The number of rotatable bonds is 6. The summed E-state index contributed by atoms with van der Waals surface area (Å²) in [5, 5.41) is 4.15. The predicted octanol–water partition coefficient (Wildman–Crippen LogP) is 4.53. The van der Waals surface area contributed by atoms with Crippen LogP contribution in [0.15, 0.2) is 52.2 Å². The zero-order valence-corrected chi connectivity index (χ0v) is 15.5. The lowest BCUT2D eigenvalue weighted by molar-refractivity contribution is 0.521. The minimum Gasteiger partial charge on any atom is -0.378 e. The Balaban J connectivity index is 1.88. The van der Waals surface area contributed by atoms with Crippen LogP contribution in [-0.4, -0.2) is 13.4 Å². The van der Waals surface area contributed by atoms with Gasteiger partial charge in [-0.15, -0.1) is 11.3 Å². The number of halogens is 3. The first-order valence-electron chi connectivity index (χ1n) is 7.69. The van der Waals surface area contributed by atoms with E-state index in [1.54, 1.807) is 13.0 Å². The van der Waals surface area contributed by atoms with E-state index in [1.165, 1.54) is 29.1 Å². The van der Waals surface area contributed by atoms with Crippen LogP contribution in [0.3, 0.4) is 0 Å². The van der Waals surface area contributed by atoms with Crippen molar-refractivity contribution in [1.29, 1.82) is 0 Å². The van der Waals surface area contributed by atoms with Crippen molar-refractivity contribution in [2.45, 2.75) is 17.9 Å². The van der Waals surface area contributed by atoms with Crippen molar-refractivity contribution in [2.24, 2.45) is 0 Å². The van der Waals surface area contributed by atoms with Gasteiger partial charge in [0.15, 0.2) is 10.7 Å². The molecule has 2 aromatic carbocycles. The lowest BCUT2D eigenvalue weighted by atomic mass is 10.1. The first kappa shape index (κ1) is 19.2. The highest BCUT2D eigenvalue weighted by molar-refractivity contribution is 7.92. The molecule has 0 aliphatic heterocycles. The van der Waals surface area contributed by atoms with E-state index >= 15 is 0 Å². The number of benzene rings is 2. The first-order chi connectivity index (χ1) is 12.8. The molecule has 1 heterocycles. The van der Waals surface area contributed by atoms with Crippen molar-refractivity contribution in [1.82, 2.24) is 4.98 Å². The fourth-order valence-corrected chi connectivity index (χ4v) is 4.18. The van der Waals surface area contributed by atoms with Gasteiger partial charge in [0.2, 0.25) is 0 Å². The van der Waals surface area contributed by atoms with E-state index in [0.717, 1.165) is 23.5 Å². The molecule has 142 valence electrons. The number of nitrogens with one attached hydrogen (secondary N) is 2. The summed E-state index contributed by atoms with van der Waals surface area (Å²) in [6, 6.07) is 7.06. The summed E-state index contributed by atoms with van der Waals surface area (Å²) < 4.78 is 69.1. The average molecular weight is 413 g/mol. The summed E-state index contributed by atoms with van der Waals surface area (Å²) in [6.45, 7) is 1.61. The molecule has 0 saturated carbocycles. The minimum atomic E-state index is -4.49. The van der Waals surface area contributed by atoms with Crippen molar-refractivity contribution in [2.75, 3.05) is 10.0 Å². The SMILES string of the molecule is CC(Nc1cc(F)c(S(=O)(=O)Nc2cscn2)c(F)c1)c1ccccc1F. The summed E-state index contributed by atoms with van der Waals surface area (Å²) in [5.41, 5.74) is 1.66.